The molecule has 0 saturated carbocycles. The van der Waals surface area contributed by atoms with Gasteiger partial charge < -0.3 is 4.74 Å². The van der Waals surface area contributed by atoms with E-state index in [0.29, 0.717) is 29.3 Å². The molecule has 11 heteroatoms. The molecule has 1 N–H and O–H groups in total. The molecule has 0 spiro atoms. The number of hydrogen-bond donors (Lipinski definition) is 1. The zero-order chi connectivity index (χ0) is 24.6. The molecule has 34 heavy (non-hydrogen) atoms. The highest BCUT2D eigenvalue weighted by Crippen LogP contribution is 2.25. The molecule has 2 aromatic heterocycles. The fraction of sp³-hybridized carbons (Fsp3) is 0.174. The standard InChI is InChI=1S/C23H21F2N5O3S/c1-13-14(2)28-30(15(13)3)22-12-23(27-16(4)26-22)33-18-7-5-17(6-8-18)29-34(31,32)19-9-10-20(24)21(25)11-19/h5-12,29H,1-4H3. The van der Waals surface area contributed by atoms with Gasteiger partial charge in [-0.3, -0.25) is 4.72 Å². The first-order chi connectivity index (χ1) is 16.0. The van der Waals surface area contributed by atoms with Gasteiger partial charge in [-0.1, -0.05) is 0 Å². The van der Waals surface area contributed by atoms with E-state index in [2.05, 4.69) is 19.8 Å². The first-order valence-corrected chi connectivity index (χ1v) is 11.7. The number of halogens is 2. The van der Waals surface area contributed by atoms with E-state index in [1.807, 2.05) is 20.8 Å². The molecule has 0 radical (unpaired) electrons. The molecule has 4 rings (SSSR count). The van der Waals surface area contributed by atoms with E-state index >= 15 is 0 Å². The van der Waals surface area contributed by atoms with Crippen molar-refractivity contribution in [2.75, 3.05) is 4.72 Å². The maximum absolute atomic E-state index is 13.4. The smallest absolute Gasteiger partial charge is 0.261 e. The average molecular weight is 486 g/mol. The lowest BCUT2D eigenvalue weighted by Gasteiger charge is -2.11. The summed E-state index contributed by atoms with van der Waals surface area (Å²) in [6.07, 6.45) is 0. The molecule has 0 fully saturated rings. The van der Waals surface area contributed by atoms with Gasteiger partial charge in [0.2, 0.25) is 5.88 Å². The van der Waals surface area contributed by atoms with E-state index in [1.54, 1.807) is 29.8 Å². The van der Waals surface area contributed by atoms with E-state index in [9.17, 15) is 17.2 Å². The number of aryl methyl sites for hydroxylation is 2. The van der Waals surface area contributed by atoms with Gasteiger partial charge in [-0.25, -0.2) is 26.9 Å². The number of rotatable bonds is 6. The summed E-state index contributed by atoms with van der Waals surface area (Å²) in [7, 11) is -4.10. The summed E-state index contributed by atoms with van der Waals surface area (Å²) in [5.41, 5.74) is 3.15. The largest absolute Gasteiger partial charge is 0.439 e. The van der Waals surface area contributed by atoms with Crippen LogP contribution in [-0.2, 0) is 10.0 Å². The van der Waals surface area contributed by atoms with Crippen molar-refractivity contribution in [1.82, 2.24) is 19.7 Å². The fourth-order valence-electron chi connectivity index (χ4n) is 3.20. The number of ether oxygens (including phenoxy) is 1. The number of anilines is 1. The van der Waals surface area contributed by atoms with Crippen LogP contribution in [0, 0.1) is 39.3 Å². The van der Waals surface area contributed by atoms with Crippen molar-refractivity contribution in [3.8, 4) is 17.4 Å². The van der Waals surface area contributed by atoms with Crippen molar-refractivity contribution in [3.05, 3.63) is 82.9 Å². The second kappa shape index (κ2) is 8.82. The molecule has 0 aliphatic carbocycles. The normalized spacial score (nSPS) is 11.5. The van der Waals surface area contributed by atoms with Gasteiger partial charge >= 0.3 is 0 Å². The molecular weight excluding hydrogens is 464 g/mol. The van der Waals surface area contributed by atoms with Crippen molar-refractivity contribution < 1.29 is 21.9 Å². The maximum Gasteiger partial charge on any atom is 0.261 e. The van der Waals surface area contributed by atoms with E-state index in [0.717, 1.165) is 29.1 Å². The van der Waals surface area contributed by atoms with Gasteiger partial charge in [0.1, 0.15) is 11.6 Å². The highest BCUT2D eigenvalue weighted by molar-refractivity contribution is 7.92. The molecule has 2 heterocycles. The molecular formula is C23H21F2N5O3S. The summed E-state index contributed by atoms with van der Waals surface area (Å²) in [6, 6.07) is 10.1. The van der Waals surface area contributed by atoms with E-state index in [4.69, 9.17) is 4.74 Å². The average Bonchev–Trinajstić information content (AvgIpc) is 3.03. The molecule has 4 aromatic rings. The van der Waals surface area contributed by atoms with Crippen molar-refractivity contribution >= 4 is 15.7 Å². The monoisotopic (exact) mass is 485 g/mol. The molecule has 0 saturated heterocycles. The number of nitrogens with one attached hydrogen (secondary N) is 1. The predicted octanol–water partition coefficient (Wildman–Crippen LogP) is 4.77. The van der Waals surface area contributed by atoms with Crippen LogP contribution >= 0.6 is 0 Å². The number of benzene rings is 2. The van der Waals surface area contributed by atoms with Crippen LogP contribution in [-0.4, -0.2) is 28.2 Å². The van der Waals surface area contributed by atoms with Crippen LogP contribution in [0.25, 0.3) is 5.82 Å². The molecule has 8 nitrogen and oxygen atoms in total. The Morgan fingerprint density at radius 1 is 0.912 bits per heavy atom. The Bertz CT molecular complexity index is 1490. The Morgan fingerprint density at radius 3 is 2.24 bits per heavy atom. The molecule has 0 bridgehead atoms. The van der Waals surface area contributed by atoms with Crippen LogP contribution < -0.4 is 9.46 Å². The number of aromatic nitrogens is 4. The van der Waals surface area contributed by atoms with Crippen molar-refractivity contribution in [2.24, 2.45) is 0 Å². The van der Waals surface area contributed by atoms with Crippen LogP contribution in [0.1, 0.15) is 22.8 Å². The van der Waals surface area contributed by atoms with Crippen LogP contribution in [0.2, 0.25) is 0 Å². The second-order valence-corrected chi connectivity index (χ2v) is 9.31. The molecule has 0 aliphatic heterocycles. The fourth-order valence-corrected chi connectivity index (χ4v) is 4.27. The lowest BCUT2D eigenvalue weighted by Crippen LogP contribution is -2.13. The molecule has 0 atom stereocenters. The minimum atomic E-state index is -4.10. The third-order valence-corrected chi connectivity index (χ3v) is 6.58. The van der Waals surface area contributed by atoms with Gasteiger partial charge in [0.15, 0.2) is 17.5 Å². The molecule has 2 aromatic carbocycles. The minimum Gasteiger partial charge on any atom is -0.439 e. The van der Waals surface area contributed by atoms with E-state index in [-0.39, 0.29) is 5.69 Å². The summed E-state index contributed by atoms with van der Waals surface area (Å²) >= 11 is 0. The zero-order valence-corrected chi connectivity index (χ0v) is 19.6. The highest BCUT2D eigenvalue weighted by Gasteiger charge is 2.17. The van der Waals surface area contributed by atoms with Crippen LogP contribution in [0.15, 0.2) is 53.4 Å². The Hall–Kier alpha value is -3.86. The molecule has 0 aliphatic rings. The third kappa shape index (κ3) is 4.74. The number of nitrogens with zero attached hydrogens (tertiary/aromatic N) is 4. The van der Waals surface area contributed by atoms with Crippen LogP contribution in [0.3, 0.4) is 0 Å². The second-order valence-electron chi connectivity index (χ2n) is 7.63. The lowest BCUT2D eigenvalue weighted by molar-refractivity contribution is 0.459. The van der Waals surface area contributed by atoms with Gasteiger partial charge in [-0.15, -0.1) is 0 Å². The molecule has 176 valence electrons. The first-order valence-electron chi connectivity index (χ1n) is 10.2. The van der Waals surface area contributed by atoms with Crippen molar-refractivity contribution in [1.29, 1.82) is 0 Å². The van der Waals surface area contributed by atoms with Gasteiger partial charge in [-0.05, 0) is 75.7 Å². The summed E-state index contributed by atoms with van der Waals surface area (Å²) < 4.78 is 61.3. The van der Waals surface area contributed by atoms with Gasteiger partial charge in [0.05, 0.1) is 10.6 Å². The number of sulfonamides is 1. The summed E-state index contributed by atoms with van der Waals surface area (Å²) in [6.45, 7) is 7.60. The quantitative estimate of drug-likeness (QED) is 0.423. The Labute approximate surface area is 195 Å². The summed E-state index contributed by atoms with van der Waals surface area (Å²) in [5, 5.41) is 4.51. The Morgan fingerprint density at radius 2 is 1.62 bits per heavy atom. The van der Waals surface area contributed by atoms with Gasteiger partial charge in [0, 0.05) is 17.4 Å². The minimum absolute atomic E-state index is 0.217. The van der Waals surface area contributed by atoms with Crippen molar-refractivity contribution in [3.63, 3.8) is 0 Å². The van der Waals surface area contributed by atoms with E-state index < -0.39 is 26.6 Å². The SMILES string of the molecule is Cc1nc(Oc2ccc(NS(=O)(=O)c3ccc(F)c(F)c3)cc2)cc(-n2nc(C)c(C)c2C)n1. The first kappa shape index (κ1) is 23.3. The molecule has 0 amide bonds. The van der Waals surface area contributed by atoms with Crippen LogP contribution in [0.4, 0.5) is 14.5 Å². The Kier molecular flexibility index (Phi) is 6.05. The maximum atomic E-state index is 13.4. The Balaban J connectivity index is 1.53. The summed E-state index contributed by atoms with van der Waals surface area (Å²) in [5.74, 6) is -0.619. The zero-order valence-electron chi connectivity index (χ0n) is 18.8. The lowest BCUT2D eigenvalue weighted by atomic mass is 10.2. The predicted molar refractivity (Wildman–Crippen MR) is 122 cm³/mol. The van der Waals surface area contributed by atoms with Gasteiger partial charge in [-0.2, -0.15) is 10.1 Å². The molecule has 0 unspecified atom stereocenters. The number of hydrogen-bond acceptors (Lipinski definition) is 6. The highest BCUT2D eigenvalue weighted by atomic mass is 32.2. The topological polar surface area (TPSA) is 99.0 Å². The summed E-state index contributed by atoms with van der Waals surface area (Å²) in [4.78, 5) is 8.34. The van der Waals surface area contributed by atoms with Gasteiger partial charge in [0.25, 0.3) is 10.0 Å². The van der Waals surface area contributed by atoms with Crippen molar-refractivity contribution in [2.45, 2.75) is 32.6 Å². The third-order valence-electron chi connectivity index (χ3n) is 5.20. The van der Waals surface area contributed by atoms with E-state index in [1.165, 1.54) is 12.1 Å². The van der Waals surface area contributed by atoms with Crippen LogP contribution in [0.5, 0.6) is 11.6 Å².